The van der Waals surface area contributed by atoms with Crippen LogP contribution in [-0.2, 0) is 9.59 Å². The Labute approximate surface area is 175 Å². The average Bonchev–Trinajstić information content (AvgIpc) is 3.23. The zero-order chi connectivity index (χ0) is 20.8. The van der Waals surface area contributed by atoms with Crippen LogP contribution in [0.3, 0.4) is 0 Å². The lowest BCUT2D eigenvalue weighted by Gasteiger charge is -2.31. The van der Waals surface area contributed by atoms with E-state index < -0.39 is 0 Å². The van der Waals surface area contributed by atoms with E-state index in [0.29, 0.717) is 41.7 Å². The molecule has 0 unspecified atom stereocenters. The molecule has 1 saturated heterocycles. The first kappa shape index (κ1) is 21.0. The Kier molecular flexibility index (Phi) is 7.04. The highest BCUT2D eigenvalue weighted by molar-refractivity contribution is 7.12. The number of benzene rings is 1. The minimum atomic E-state index is -0.224. The molecule has 1 aromatic heterocycles. The molecule has 1 aliphatic rings. The zero-order valence-corrected chi connectivity index (χ0v) is 17.6. The van der Waals surface area contributed by atoms with Crippen molar-refractivity contribution >= 4 is 40.4 Å². The van der Waals surface area contributed by atoms with Crippen molar-refractivity contribution in [3.63, 3.8) is 0 Å². The van der Waals surface area contributed by atoms with Crippen LogP contribution in [-0.4, -0.2) is 35.7 Å². The van der Waals surface area contributed by atoms with E-state index in [1.807, 2.05) is 31.4 Å². The average molecular weight is 414 g/mol. The fourth-order valence-electron chi connectivity index (χ4n) is 3.40. The number of amides is 3. The lowest BCUT2D eigenvalue weighted by molar-refractivity contribution is -0.121. The van der Waals surface area contributed by atoms with Crippen molar-refractivity contribution in [2.24, 2.45) is 11.8 Å². The molecule has 0 spiro atoms. The summed E-state index contributed by atoms with van der Waals surface area (Å²) in [5.74, 6) is -0.0212. The summed E-state index contributed by atoms with van der Waals surface area (Å²) in [6.45, 7) is 5.12. The number of nitrogens with one attached hydrogen (secondary N) is 2. The van der Waals surface area contributed by atoms with Gasteiger partial charge in [-0.2, -0.15) is 0 Å². The quantitative estimate of drug-likeness (QED) is 0.744. The van der Waals surface area contributed by atoms with Crippen LogP contribution in [0, 0.1) is 11.8 Å². The first-order valence-corrected chi connectivity index (χ1v) is 10.8. The Morgan fingerprint density at radius 3 is 2.41 bits per heavy atom. The number of carbonyl (C=O) groups excluding carboxylic acids is 3. The zero-order valence-electron chi connectivity index (χ0n) is 16.8. The van der Waals surface area contributed by atoms with E-state index >= 15 is 0 Å². The van der Waals surface area contributed by atoms with Gasteiger partial charge in [-0.1, -0.05) is 19.9 Å². The van der Waals surface area contributed by atoms with Crippen molar-refractivity contribution in [1.82, 2.24) is 4.90 Å². The van der Waals surface area contributed by atoms with E-state index in [-0.39, 0.29) is 23.6 Å². The van der Waals surface area contributed by atoms with Crippen molar-refractivity contribution in [3.05, 3.63) is 46.7 Å². The highest BCUT2D eigenvalue weighted by Crippen LogP contribution is 2.22. The van der Waals surface area contributed by atoms with Gasteiger partial charge in [0, 0.05) is 30.9 Å². The number of nitrogens with zero attached hydrogens (tertiary/aromatic N) is 1. The number of hydrogen-bond acceptors (Lipinski definition) is 4. The Balaban J connectivity index is 1.54. The summed E-state index contributed by atoms with van der Waals surface area (Å²) in [7, 11) is 0. The Morgan fingerprint density at radius 2 is 1.79 bits per heavy atom. The third-order valence-corrected chi connectivity index (χ3v) is 5.70. The van der Waals surface area contributed by atoms with E-state index in [1.165, 1.54) is 11.3 Å². The van der Waals surface area contributed by atoms with Gasteiger partial charge in [0.25, 0.3) is 5.91 Å². The van der Waals surface area contributed by atoms with Gasteiger partial charge in [0.15, 0.2) is 0 Å². The minimum absolute atomic E-state index is 0.000933. The molecular weight excluding hydrogens is 386 g/mol. The van der Waals surface area contributed by atoms with Crippen LogP contribution in [0.25, 0.3) is 0 Å². The third-order valence-electron chi connectivity index (χ3n) is 4.84. The summed E-state index contributed by atoms with van der Waals surface area (Å²) in [5, 5.41) is 7.67. The van der Waals surface area contributed by atoms with E-state index in [0.717, 1.165) is 12.8 Å². The molecule has 1 atom stereocenters. The van der Waals surface area contributed by atoms with Crippen molar-refractivity contribution in [2.45, 2.75) is 33.1 Å². The number of anilines is 2. The largest absolute Gasteiger partial charge is 0.337 e. The number of carbonyl (C=O) groups is 3. The minimum Gasteiger partial charge on any atom is -0.337 e. The molecule has 0 saturated carbocycles. The molecule has 0 bridgehead atoms. The van der Waals surface area contributed by atoms with Crippen LogP contribution in [0.2, 0.25) is 0 Å². The van der Waals surface area contributed by atoms with E-state index in [9.17, 15) is 14.4 Å². The Bertz CT molecular complexity index is 847. The summed E-state index contributed by atoms with van der Waals surface area (Å²) in [4.78, 5) is 39.6. The molecule has 1 fully saturated rings. The highest BCUT2D eigenvalue weighted by atomic mass is 32.1. The molecule has 29 heavy (non-hydrogen) atoms. The first-order chi connectivity index (χ1) is 13.9. The fraction of sp³-hybridized carbons (Fsp3) is 0.409. The van der Waals surface area contributed by atoms with Gasteiger partial charge in [-0.05, 0) is 54.5 Å². The topological polar surface area (TPSA) is 78.5 Å². The van der Waals surface area contributed by atoms with Crippen LogP contribution >= 0.6 is 11.3 Å². The van der Waals surface area contributed by atoms with Gasteiger partial charge < -0.3 is 15.5 Å². The Hall–Kier alpha value is -2.67. The number of hydrogen-bond donors (Lipinski definition) is 2. The molecule has 1 aliphatic heterocycles. The maximum Gasteiger partial charge on any atom is 0.263 e. The summed E-state index contributed by atoms with van der Waals surface area (Å²) in [6.07, 6.45) is 2.06. The molecule has 0 radical (unpaired) electrons. The van der Waals surface area contributed by atoms with Crippen molar-refractivity contribution in [1.29, 1.82) is 0 Å². The maximum absolute atomic E-state index is 12.7. The van der Waals surface area contributed by atoms with E-state index in [1.54, 1.807) is 29.2 Å². The highest BCUT2D eigenvalue weighted by Gasteiger charge is 2.29. The maximum atomic E-state index is 12.7. The third kappa shape index (κ3) is 5.90. The van der Waals surface area contributed by atoms with Crippen LogP contribution in [0.4, 0.5) is 11.4 Å². The smallest absolute Gasteiger partial charge is 0.263 e. The molecule has 7 heteroatoms. The Morgan fingerprint density at radius 1 is 1.10 bits per heavy atom. The standard InChI is InChI=1S/C22H27N3O3S/c1-15(2)13-20(26)23-17-7-9-18(10-8-17)24-21(27)16-5-3-11-25(14-16)22(28)19-6-4-12-29-19/h4,6-10,12,15-16H,3,5,11,13-14H2,1-2H3,(H,23,26)(H,24,27)/t16-/m0/s1. The van der Waals surface area contributed by atoms with Crippen molar-refractivity contribution < 1.29 is 14.4 Å². The van der Waals surface area contributed by atoms with Gasteiger partial charge in [-0.15, -0.1) is 11.3 Å². The van der Waals surface area contributed by atoms with Gasteiger partial charge in [-0.3, -0.25) is 14.4 Å². The predicted molar refractivity (Wildman–Crippen MR) is 116 cm³/mol. The van der Waals surface area contributed by atoms with Gasteiger partial charge >= 0.3 is 0 Å². The second-order valence-electron chi connectivity index (χ2n) is 7.78. The van der Waals surface area contributed by atoms with Gasteiger partial charge in [0.2, 0.25) is 11.8 Å². The molecule has 3 rings (SSSR count). The van der Waals surface area contributed by atoms with Gasteiger partial charge in [0.05, 0.1) is 10.8 Å². The van der Waals surface area contributed by atoms with Crippen molar-refractivity contribution in [3.8, 4) is 0 Å². The monoisotopic (exact) mass is 413 g/mol. The molecule has 2 N–H and O–H groups in total. The molecule has 6 nitrogen and oxygen atoms in total. The number of piperidine rings is 1. The lowest BCUT2D eigenvalue weighted by Crippen LogP contribution is -2.43. The van der Waals surface area contributed by atoms with Crippen LogP contribution in [0.1, 0.15) is 42.8 Å². The molecule has 2 heterocycles. The second kappa shape index (κ2) is 9.69. The first-order valence-electron chi connectivity index (χ1n) is 9.96. The number of rotatable bonds is 6. The summed E-state index contributed by atoms with van der Waals surface area (Å²) in [6, 6.07) is 10.8. The molecule has 154 valence electrons. The normalized spacial score (nSPS) is 16.5. The van der Waals surface area contributed by atoms with E-state index in [4.69, 9.17) is 0 Å². The fourth-order valence-corrected chi connectivity index (χ4v) is 4.09. The summed E-state index contributed by atoms with van der Waals surface area (Å²) in [5.41, 5.74) is 1.39. The molecule has 3 amide bonds. The molecule has 1 aromatic carbocycles. The summed E-state index contributed by atoms with van der Waals surface area (Å²) >= 11 is 1.42. The molecule has 0 aliphatic carbocycles. The van der Waals surface area contributed by atoms with Gasteiger partial charge in [0.1, 0.15) is 0 Å². The van der Waals surface area contributed by atoms with Crippen LogP contribution in [0.15, 0.2) is 41.8 Å². The lowest BCUT2D eigenvalue weighted by atomic mass is 9.97. The van der Waals surface area contributed by atoms with Crippen molar-refractivity contribution in [2.75, 3.05) is 23.7 Å². The second-order valence-corrected chi connectivity index (χ2v) is 8.73. The number of thiophene rings is 1. The predicted octanol–water partition coefficient (Wildman–Crippen LogP) is 4.22. The van der Waals surface area contributed by atoms with Gasteiger partial charge in [-0.25, -0.2) is 0 Å². The SMILES string of the molecule is CC(C)CC(=O)Nc1ccc(NC(=O)[C@H]2CCCN(C(=O)c3cccs3)C2)cc1. The van der Waals surface area contributed by atoms with Crippen LogP contribution in [0.5, 0.6) is 0 Å². The molecular formula is C22H27N3O3S. The van der Waals surface area contributed by atoms with E-state index in [2.05, 4.69) is 10.6 Å². The number of likely N-dealkylation sites (tertiary alicyclic amines) is 1. The van der Waals surface area contributed by atoms with Crippen LogP contribution < -0.4 is 10.6 Å². The summed E-state index contributed by atoms with van der Waals surface area (Å²) < 4.78 is 0. The molecule has 2 aromatic rings.